The molecule has 1 aliphatic carbocycles. The zero-order chi connectivity index (χ0) is 16.9. The Morgan fingerprint density at radius 1 is 1.00 bits per heavy atom. The van der Waals surface area contributed by atoms with Crippen LogP contribution in [0.3, 0.4) is 0 Å². The molecule has 0 heterocycles. The first-order valence-corrected chi connectivity index (χ1v) is 9.71. The van der Waals surface area contributed by atoms with Crippen molar-refractivity contribution in [2.24, 2.45) is 5.92 Å². The molecule has 1 saturated carbocycles. The molecule has 0 unspecified atom stereocenters. The molecule has 1 N–H and O–H groups in total. The van der Waals surface area contributed by atoms with Gasteiger partial charge in [-0.25, -0.2) is 0 Å². The lowest BCUT2D eigenvalue weighted by Gasteiger charge is -2.21. The van der Waals surface area contributed by atoms with Gasteiger partial charge in [0.1, 0.15) is 0 Å². The minimum Gasteiger partial charge on any atom is -0.356 e. The Bertz CT molecular complexity index is 332. The topological polar surface area (TPSA) is 49.4 Å². The van der Waals surface area contributed by atoms with E-state index >= 15 is 0 Å². The molecule has 0 aliphatic heterocycles. The second-order valence-corrected chi connectivity index (χ2v) is 6.88. The predicted octanol–water partition coefficient (Wildman–Crippen LogP) is 3.89. The summed E-state index contributed by atoms with van der Waals surface area (Å²) in [4.78, 5) is 25.8. The van der Waals surface area contributed by atoms with E-state index in [0.717, 1.165) is 44.8 Å². The molecule has 1 rings (SSSR count). The van der Waals surface area contributed by atoms with Gasteiger partial charge in [0.05, 0.1) is 0 Å². The van der Waals surface area contributed by atoms with Crippen LogP contribution in [-0.2, 0) is 9.59 Å². The van der Waals surface area contributed by atoms with Gasteiger partial charge >= 0.3 is 0 Å². The second kappa shape index (κ2) is 12.4. The molecule has 0 aromatic rings. The summed E-state index contributed by atoms with van der Waals surface area (Å²) in [7, 11) is 0. The van der Waals surface area contributed by atoms with E-state index in [2.05, 4.69) is 19.2 Å². The molecule has 2 amide bonds. The van der Waals surface area contributed by atoms with E-state index in [1.165, 1.54) is 32.1 Å². The van der Waals surface area contributed by atoms with Crippen LogP contribution in [0, 0.1) is 5.92 Å². The molecule has 0 aromatic heterocycles. The van der Waals surface area contributed by atoms with Crippen molar-refractivity contribution in [3.63, 3.8) is 0 Å². The van der Waals surface area contributed by atoms with Crippen molar-refractivity contribution in [1.82, 2.24) is 10.2 Å². The number of nitrogens with zero attached hydrogens (tertiary/aromatic N) is 1. The zero-order valence-electron chi connectivity index (χ0n) is 15.2. The molecule has 0 radical (unpaired) electrons. The summed E-state index contributed by atoms with van der Waals surface area (Å²) in [5, 5.41) is 3.00. The van der Waals surface area contributed by atoms with Crippen LogP contribution in [0.15, 0.2) is 0 Å². The number of rotatable bonds is 12. The van der Waals surface area contributed by atoms with Gasteiger partial charge in [-0.3, -0.25) is 9.59 Å². The number of nitrogens with one attached hydrogen (secondary N) is 1. The van der Waals surface area contributed by atoms with Gasteiger partial charge in [-0.2, -0.15) is 0 Å². The van der Waals surface area contributed by atoms with Gasteiger partial charge < -0.3 is 10.2 Å². The van der Waals surface area contributed by atoms with Gasteiger partial charge in [0, 0.05) is 32.5 Å². The molecule has 23 heavy (non-hydrogen) atoms. The summed E-state index contributed by atoms with van der Waals surface area (Å²) in [6.07, 6.45) is 11.5. The van der Waals surface area contributed by atoms with Crippen LogP contribution in [0.2, 0.25) is 0 Å². The van der Waals surface area contributed by atoms with Crippen LogP contribution in [0.4, 0.5) is 0 Å². The Balaban J connectivity index is 2.04. The summed E-state index contributed by atoms with van der Waals surface area (Å²) in [6.45, 7) is 6.64. The number of hydrogen-bond donors (Lipinski definition) is 1. The lowest BCUT2D eigenvalue weighted by atomic mass is 10.0. The molecule has 1 fully saturated rings. The molecule has 0 saturated heterocycles. The van der Waals surface area contributed by atoms with Gasteiger partial charge in [-0.15, -0.1) is 0 Å². The van der Waals surface area contributed by atoms with Crippen LogP contribution in [0.25, 0.3) is 0 Å². The maximum absolute atomic E-state index is 12.1. The zero-order valence-corrected chi connectivity index (χ0v) is 15.2. The quantitative estimate of drug-likeness (QED) is 0.554. The van der Waals surface area contributed by atoms with E-state index < -0.39 is 0 Å². The normalized spacial score (nSPS) is 14.9. The van der Waals surface area contributed by atoms with Crippen molar-refractivity contribution < 1.29 is 9.59 Å². The van der Waals surface area contributed by atoms with Crippen LogP contribution in [-0.4, -0.2) is 36.3 Å². The Hall–Kier alpha value is -1.06. The lowest BCUT2D eigenvalue weighted by molar-refractivity contribution is -0.131. The highest BCUT2D eigenvalue weighted by atomic mass is 16.2. The number of carbonyl (C=O) groups is 2. The van der Waals surface area contributed by atoms with Gasteiger partial charge in [-0.05, 0) is 38.0 Å². The first kappa shape index (κ1) is 20.0. The van der Waals surface area contributed by atoms with Crippen molar-refractivity contribution >= 4 is 11.8 Å². The minimum atomic E-state index is 0.0988. The van der Waals surface area contributed by atoms with Crippen molar-refractivity contribution in [3.05, 3.63) is 0 Å². The van der Waals surface area contributed by atoms with E-state index in [0.29, 0.717) is 19.3 Å². The number of hydrogen-bond acceptors (Lipinski definition) is 2. The maximum Gasteiger partial charge on any atom is 0.222 e. The highest BCUT2D eigenvalue weighted by Gasteiger charge is 2.14. The smallest absolute Gasteiger partial charge is 0.222 e. The highest BCUT2D eigenvalue weighted by molar-refractivity contribution is 5.78. The Morgan fingerprint density at radius 3 is 2.26 bits per heavy atom. The molecular formula is C19H36N2O2. The highest BCUT2D eigenvalue weighted by Crippen LogP contribution is 2.28. The number of amides is 2. The van der Waals surface area contributed by atoms with Crippen LogP contribution in [0.1, 0.15) is 84.5 Å². The average molecular weight is 325 g/mol. The molecule has 134 valence electrons. The summed E-state index contributed by atoms with van der Waals surface area (Å²) < 4.78 is 0. The first-order chi connectivity index (χ1) is 11.2. The molecule has 1 aliphatic rings. The van der Waals surface area contributed by atoms with E-state index in [9.17, 15) is 9.59 Å². The summed E-state index contributed by atoms with van der Waals surface area (Å²) in [6, 6.07) is 0. The molecule has 0 aromatic carbocycles. The molecule has 4 nitrogen and oxygen atoms in total. The fourth-order valence-corrected chi connectivity index (χ4v) is 3.47. The Kier molecular flexibility index (Phi) is 10.8. The summed E-state index contributed by atoms with van der Waals surface area (Å²) >= 11 is 0. The van der Waals surface area contributed by atoms with E-state index in [1.54, 1.807) is 0 Å². The summed E-state index contributed by atoms with van der Waals surface area (Å²) in [5.41, 5.74) is 0. The van der Waals surface area contributed by atoms with E-state index in [1.807, 2.05) is 4.90 Å². The molecule has 0 bridgehead atoms. The Morgan fingerprint density at radius 2 is 1.65 bits per heavy atom. The largest absolute Gasteiger partial charge is 0.356 e. The second-order valence-electron chi connectivity index (χ2n) is 6.88. The lowest BCUT2D eigenvalue weighted by Crippen LogP contribution is -2.32. The van der Waals surface area contributed by atoms with Gasteiger partial charge in [0.15, 0.2) is 0 Å². The van der Waals surface area contributed by atoms with Gasteiger partial charge in [0.25, 0.3) is 0 Å². The molecule has 4 heteroatoms. The van der Waals surface area contributed by atoms with Gasteiger partial charge in [-0.1, -0.05) is 39.5 Å². The predicted molar refractivity (Wildman–Crippen MR) is 95.2 cm³/mol. The SMILES string of the molecule is CCCN(CCC)C(=O)CCCC(=O)NCCCC1CCCC1. The van der Waals surface area contributed by atoms with E-state index in [4.69, 9.17) is 0 Å². The van der Waals surface area contributed by atoms with Crippen LogP contribution < -0.4 is 5.32 Å². The third-order valence-electron chi connectivity index (χ3n) is 4.72. The minimum absolute atomic E-state index is 0.0988. The van der Waals surface area contributed by atoms with E-state index in [-0.39, 0.29) is 11.8 Å². The maximum atomic E-state index is 12.1. The average Bonchev–Trinajstić information content (AvgIpc) is 3.04. The summed E-state index contributed by atoms with van der Waals surface area (Å²) in [5.74, 6) is 1.19. The van der Waals surface area contributed by atoms with Crippen molar-refractivity contribution in [3.8, 4) is 0 Å². The van der Waals surface area contributed by atoms with Crippen LogP contribution >= 0.6 is 0 Å². The third-order valence-corrected chi connectivity index (χ3v) is 4.72. The fourth-order valence-electron chi connectivity index (χ4n) is 3.47. The third kappa shape index (κ3) is 8.97. The van der Waals surface area contributed by atoms with Gasteiger partial charge in [0.2, 0.25) is 11.8 Å². The fraction of sp³-hybridized carbons (Fsp3) is 0.895. The van der Waals surface area contributed by atoms with Crippen LogP contribution in [0.5, 0.6) is 0 Å². The Labute approximate surface area is 142 Å². The molecule has 0 atom stereocenters. The van der Waals surface area contributed by atoms with Crippen molar-refractivity contribution in [2.75, 3.05) is 19.6 Å². The molecule has 0 spiro atoms. The molecular weight excluding hydrogens is 288 g/mol. The monoisotopic (exact) mass is 324 g/mol. The standard InChI is InChI=1S/C19H36N2O2/c1-3-15-21(16-4-2)19(23)13-7-12-18(22)20-14-8-11-17-9-5-6-10-17/h17H,3-16H2,1-2H3,(H,20,22). The first-order valence-electron chi connectivity index (χ1n) is 9.71. The van der Waals surface area contributed by atoms with Crippen molar-refractivity contribution in [1.29, 1.82) is 0 Å². The van der Waals surface area contributed by atoms with Crippen molar-refractivity contribution in [2.45, 2.75) is 84.5 Å². The number of carbonyl (C=O) groups excluding carboxylic acids is 2.